The number of benzene rings is 2. The fourth-order valence-electron chi connectivity index (χ4n) is 1.85. The predicted octanol–water partition coefficient (Wildman–Crippen LogP) is 1.76. The van der Waals surface area contributed by atoms with Gasteiger partial charge >= 0.3 is 7.69 Å². The van der Waals surface area contributed by atoms with Gasteiger partial charge in [0.1, 0.15) is 32.9 Å². The van der Waals surface area contributed by atoms with E-state index in [9.17, 15) is 25.6 Å². The summed E-state index contributed by atoms with van der Waals surface area (Å²) in [4.78, 5) is -0.946. The molecule has 0 spiro atoms. The molecule has 0 atom stereocenters. The van der Waals surface area contributed by atoms with E-state index in [4.69, 9.17) is 9.31 Å². The van der Waals surface area contributed by atoms with E-state index >= 15 is 0 Å². The lowest BCUT2D eigenvalue weighted by atomic mass is 10.3. The van der Waals surface area contributed by atoms with Gasteiger partial charge in [-0.1, -0.05) is 0 Å². The zero-order valence-corrected chi connectivity index (χ0v) is 14.7. The van der Waals surface area contributed by atoms with E-state index in [1.807, 2.05) is 0 Å². The zero-order valence-electron chi connectivity index (χ0n) is 13.1. The molecule has 0 saturated heterocycles. The number of sulfone groups is 2. The lowest BCUT2D eigenvalue weighted by Crippen LogP contribution is -2.12. The lowest BCUT2D eigenvalue weighted by molar-refractivity contribution is 0.451. The van der Waals surface area contributed by atoms with Crippen molar-refractivity contribution >= 4 is 27.4 Å². The van der Waals surface area contributed by atoms with Crippen LogP contribution in [0.3, 0.4) is 0 Å². The fourth-order valence-corrected chi connectivity index (χ4v) is 3.30. The van der Waals surface area contributed by atoms with E-state index in [0.717, 1.165) is 44.5 Å². The first-order valence-electron chi connectivity index (χ1n) is 6.63. The lowest BCUT2D eigenvalue weighted by Gasteiger charge is -2.09. The highest BCUT2D eigenvalue weighted by atomic mass is 32.2. The number of halogens is 2. The maximum absolute atomic E-state index is 13.7. The average molecular weight is 389 g/mol. The Morgan fingerprint density at radius 2 is 1.12 bits per heavy atom. The summed E-state index contributed by atoms with van der Waals surface area (Å²) >= 11 is 0. The molecular formula is C14H12BF2O6S2. The minimum Gasteiger partial charge on any atom is -0.526 e. The number of rotatable bonds is 6. The highest BCUT2D eigenvalue weighted by molar-refractivity contribution is 7.91. The molecule has 2 aromatic carbocycles. The van der Waals surface area contributed by atoms with Crippen LogP contribution in [0.25, 0.3) is 0 Å². The second kappa shape index (κ2) is 7.00. The molecule has 0 heterocycles. The van der Waals surface area contributed by atoms with Crippen LogP contribution in [0.5, 0.6) is 11.5 Å². The van der Waals surface area contributed by atoms with Gasteiger partial charge in [0, 0.05) is 24.6 Å². The molecule has 0 aromatic heterocycles. The monoisotopic (exact) mass is 389 g/mol. The van der Waals surface area contributed by atoms with Crippen LogP contribution in [-0.2, 0) is 19.7 Å². The maximum atomic E-state index is 13.7. The van der Waals surface area contributed by atoms with Crippen LogP contribution in [0, 0.1) is 11.6 Å². The molecule has 0 amide bonds. The third-order valence-electron chi connectivity index (χ3n) is 2.97. The highest BCUT2D eigenvalue weighted by Gasteiger charge is 2.16. The molecule has 0 aliphatic rings. The van der Waals surface area contributed by atoms with Crippen molar-refractivity contribution in [3.63, 3.8) is 0 Å². The van der Waals surface area contributed by atoms with Gasteiger partial charge in [-0.25, -0.2) is 25.6 Å². The third-order valence-corrected chi connectivity index (χ3v) is 5.23. The average Bonchev–Trinajstić information content (AvgIpc) is 2.44. The van der Waals surface area contributed by atoms with E-state index in [-0.39, 0.29) is 11.5 Å². The zero-order chi connectivity index (χ0) is 18.8. The van der Waals surface area contributed by atoms with Crippen LogP contribution >= 0.6 is 0 Å². The predicted molar refractivity (Wildman–Crippen MR) is 86.0 cm³/mol. The molecule has 2 aromatic rings. The topological polar surface area (TPSA) is 86.7 Å². The summed E-state index contributed by atoms with van der Waals surface area (Å²) in [7, 11) is -6.63. The normalized spacial score (nSPS) is 11.8. The van der Waals surface area contributed by atoms with Crippen molar-refractivity contribution in [3.05, 3.63) is 48.0 Å². The summed E-state index contributed by atoms with van der Waals surface area (Å²) in [5.41, 5.74) is 0. The summed E-state index contributed by atoms with van der Waals surface area (Å²) in [5.74, 6) is -2.06. The first-order valence-corrected chi connectivity index (χ1v) is 10.4. The second-order valence-electron chi connectivity index (χ2n) is 5.06. The first-order chi connectivity index (χ1) is 11.5. The quantitative estimate of drug-likeness (QED) is 0.700. The van der Waals surface area contributed by atoms with E-state index in [0.29, 0.717) is 0 Å². The molecule has 0 fully saturated rings. The number of hydrogen-bond acceptors (Lipinski definition) is 6. The number of hydrogen-bond donors (Lipinski definition) is 0. The first kappa shape index (κ1) is 19.2. The van der Waals surface area contributed by atoms with E-state index in [1.165, 1.54) is 12.1 Å². The summed E-state index contributed by atoms with van der Waals surface area (Å²) in [5, 5.41) is 0. The smallest absolute Gasteiger partial charge is 0.526 e. The van der Waals surface area contributed by atoms with Crippen LogP contribution in [0.4, 0.5) is 8.78 Å². The summed E-state index contributed by atoms with van der Waals surface area (Å²) < 4.78 is 82.5. The second-order valence-corrected chi connectivity index (χ2v) is 9.03. The standard InChI is InChI=1S/C14H12BF2O6S2/c1-24(18,19)13-5-3-9(7-11(13)16)22-15-23-10-4-6-14(12(17)8-10)25(2,20)21/h3-8H,1-2H3. The largest absolute Gasteiger partial charge is 0.658 e. The molecular weight excluding hydrogens is 377 g/mol. The molecule has 6 nitrogen and oxygen atoms in total. The molecule has 0 bridgehead atoms. The molecule has 133 valence electrons. The van der Waals surface area contributed by atoms with Crippen molar-refractivity contribution in [3.8, 4) is 11.5 Å². The van der Waals surface area contributed by atoms with E-state index < -0.39 is 41.1 Å². The van der Waals surface area contributed by atoms with Gasteiger partial charge in [0.15, 0.2) is 19.7 Å². The summed E-state index contributed by atoms with van der Waals surface area (Å²) in [6, 6.07) is 6.20. The third kappa shape index (κ3) is 4.92. The Kier molecular flexibility index (Phi) is 5.38. The van der Waals surface area contributed by atoms with Crippen molar-refractivity contribution in [2.24, 2.45) is 0 Å². The highest BCUT2D eigenvalue weighted by Crippen LogP contribution is 2.22. The molecule has 0 unspecified atom stereocenters. The molecule has 0 N–H and O–H groups in total. The molecule has 0 aliphatic carbocycles. The van der Waals surface area contributed by atoms with Crippen LogP contribution in [0.2, 0.25) is 0 Å². The Morgan fingerprint density at radius 3 is 1.40 bits per heavy atom. The Labute approximate surface area is 144 Å². The van der Waals surface area contributed by atoms with Crippen molar-refractivity contribution in [1.82, 2.24) is 0 Å². The summed E-state index contributed by atoms with van der Waals surface area (Å²) in [6.07, 6.45) is 1.74. The van der Waals surface area contributed by atoms with Crippen molar-refractivity contribution in [1.29, 1.82) is 0 Å². The van der Waals surface area contributed by atoms with Gasteiger partial charge in [0.25, 0.3) is 0 Å². The van der Waals surface area contributed by atoms with Crippen LogP contribution in [-0.4, -0.2) is 37.0 Å². The van der Waals surface area contributed by atoms with Crippen molar-refractivity contribution in [2.75, 3.05) is 12.5 Å². The minimum atomic E-state index is -3.70. The van der Waals surface area contributed by atoms with E-state index in [2.05, 4.69) is 0 Å². The van der Waals surface area contributed by atoms with Crippen LogP contribution in [0.1, 0.15) is 0 Å². The van der Waals surface area contributed by atoms with Gasteiger partial charge in [-0.05, 0) is 24.3 Å². The molecule has 11 heteroatoms. The van der Waals surface area contributed by atoms with Gasteiger partial charge in [-0.15, -0.1) is 0 Å². The Bertz CT molecular complexity index is 924. The van der Waals surface area contributed by atoms with Crippen molar-refractivity contribution in [2.45, 2.75) is 9.79 Å². The Morgan fingerprint density at radius 1 is 0.760 bits per heavy atom. The molecule has 1 radical (unpaired) electrons. The minimum absolute atomic E-state index is 0.0434. The van der Waals surface area contributed by atoms with Gasteiger partial charge < -0.3 is 9.31 Å². The SMILES string of the molecule is CS(=O)(=O)c1ccc(O[B]Oc2ccc(S(C)(=O)=O)c(F)c2)cc1F. The van der Waals surface area contributed by atoms with Gasteiger partial charge in [-0.2, -0.15) is 0 Å². The molecule has 25 heavy (non-hydrogen) atoms. The molecule has 0 saturated carbocycles. The van der Waals surface area contributed by atoms with E-state index in [1.54, 1.807) is 0 Å². The van der Waals surface area contributed by atoms with Crippen LogP contribution in [0.15, 0.2) is 46.2 Å². The van der Waals surface area contributed by atoms with Crippen LogP contribution < -0.4 is 9.31 Å². The Balaban J connectivity index is 2.04. The van der Waals surface area contributed by atoms with Gasteiger partial charge in [-0.3, -0.25) is 0 Å². The van der Waals surface area contributed by atoms with Gasteiger partial charge in [0.05, 0.1) is 0 Å². The van der Waals surface area contributed by atoms with Gasteiger partial charge in [0.2, 0.25) is 0 Å². The van der Waals surface area contributed by atoms with Crippen molar-refractivity contribution < 1.29 is 34.9 Å². The Hall–Kier alpha value is -2.14. The molecule has 2 rings (SSSR count). The summed E-state index contributed by atoms with van der Waals surface area (Å²) in [6.45, 7) is 0. The maximum Gasteiger partial charge on any atom is 0.658 e. The molecule has 0 aliphatic heterocycles. The fraction of sp³-hybridized carbons (Fsp3) is 0.143.